The molecule has 0 saturated heterocycles. The van der Waals surface area contributed by atoms with Crippen molar-refractivity contribution in [3.8, 4) is 0 Å². The molecule has 1 N–H and O–H groups in total. The molecule has 29 heavy (non-hydrogen) atoms. The van der Waals surface area contributed by atoms with Gasteiger partial charge in [0.1, 0.15) is 0 Å². The molecule has 2 rings (SSSR count). The maximum Gasteiger partial charge on any atom is 0.185 e. The number of nitrogens with one attached hydrogen (secondary N) is 1. The van der Waals surface area contributed by atoms with Gasteiger partial charge in [-0.15, -0.1) is 0 Å². The van der Waals surface area contributed by atoms with E-state index >= 15 is 0 Å². The predicted molar refractivity (Wildman–Crippen MR) is 127 cm³/mol. The van der Waals surface area contributed by atoms with E-state index in [1.807, 2.05) is 0 Å². The number of nitrogens with zero attached hydrogens (tertiary/aromatic N) is 1. The fourth-order valence-corrected chi connectivity index (χ4v) is 3.39. The van der Waals surface area contributed by atoms with Crippen LogP contribution in [0.4, 0.5) is 0 Å². The Kier molecular flexibility index (Phi) is 9.64. The number of aryl methyl sites for hydroxylation is 2. The second kappa shape index (κ2) is 12.2. The zero-order valence-electron chi connectivity index (χ0n) is 18.8. The minimum atomic E-state index is 0.233. The Hall–Kier alpha value is -2.41. The number of hydrogen-bond donors (Lipinski definition) is 1. The predicted octanol–water partition coefficient (Wildman–Crippen LogP) is 6.48. The molecule has 0 radical (unpaired) electrons. The van der Waals surface area contributed by atoms with Crippen LogP contribution >= 0.6 is 0 Å². The van der Waals surface area contributed by atoms with Gasteiger partial charge in [-0.3, -0.25) is 4.90 Å². The summed E-state index contributed by atoms with van der Waals surface area (Å²) in [5.41, 5.74) is 6.24. The lowest BCUT2D eigenvalue weighted by molar-refractivity contribution is 0.257. The molecule has 0 aromatic heterocycles. The zero-order valence-corrected chi connectivity index (χ0v) is 18.8. The van der Waals surface area contributed by atoms with Gasteiger partial charge in [0.2, 0.25) is 0 Å². The van der Waals surface area contributed by atoms with E-state index in [0.717, 1.165) is 25.3 Å². The summed E-state index contributed by atoms with van der Waals surface area (Å²) in [5.74, 6) is 0. The van der Waals surface area contributed by atoms with Gasteiger partial charge in [-0.05, 0) is 51.1 Å². The van der Waals surface area contributed by atoms with Gasteiger partial charge in [-0.2, -0.15) is 0 Å². The van der Waals surface area contributed by atoms with Crippen LogP contribution in [0.2, 0.25) is 0 Å². The Balaban J connectivity index is 2.29. The van der Waals surface area contributed by atoms with E-state index in [-0.39, 0.29) is 6.04 Å². The van der Waals surface area contributed by atoms with E-state index < -0.39 is 0 Å². The third kappa shape index (κ3) is 7.16. The summed E-state index contributed by atoms with van der Waals surface area (Å²) < 4.78 is 0. The van der Waals surface area contributed by atoms with Gasteiger partial charge >= 0.3 is 0 Å². The van der Waals surface area contributed by atoms with E-state index in [1.54, 1.807) is 0 Å². The monoisotopic (exact) mass is 389 g/mol. The van der Waals surface area contributed by atoms with Gasteiger partial charge in [0.15, 0.2) is 11.8 Å². The summed E-state index contributed by atoms with van der Waals surface area (Å²) in [4.78, 5) is 2.46. The molecule has 0 amide bonds. The Morgan fingerprint density at radius 3 is 2.07 bits per heavy atom. The molecule has 0 aliphatic carbocycles. The summed E-state index contributed by atoms with van der Waals surface area (Å²) in [7, 11) is 0. The lowest BCUT2D eigenvalue weighted by Crippen LogP contribution is -2.27. The van der Waals surface area contributed by atoms with Crippen LogP contribution in [0.1, 0.15) is 61.9 Å². The van der Waals surface area contributed by atoms with Crippen molar-refractivity contribution in [2.45, 2.75) is 53.5 Å². The first-order chi connectivity index (χ1) is 14.1. The number of unbranched alkanes of at least 4 members (excludes halogenated alkanes) is 1. The summed E-state index contributed by atoms with van der Waals surface area (Å²) >= 11 is 0. The molecule has 2 heteroatoms. The summed E-state index contributed by atoms with van der Waals surface area (Å²) in [6, 6.07) is 17.8. The summed E-state index contributed by atoms with van der Waals surface area (Å²) in [6.45, 7) is 13.9. The van der Waals surface area contributed by atoms with Gasteiger partial charge in [0, 0.05) is 6.54 Å². The van der Waals surface area contributed by atoms with Gasteiger partial charge in [-0.25, -0.2) is 0 Å². The van der Waals surface area contributed by atoms with Crippen LogP contribution < -0.4 is 5.32 Å². The Labute approximate surface area is 178 Å². The molecule has 2 nitrogen and oxygen atoms in total. The molecule has 0 spiro atoms. The normalized spacial score (nSPS) is 13.0. The molecule has 154 valence electrons. The number of allylic oxidation sites excluding steroid dienone is 2. The maximum atomic E-state index is 3.60. The van der Waals surface area contributed by atoms with Crippen molar-refractivity contribution in [3.63, 3.8) is 0 Å². The molecule has 0 saturated carbocycles. The molecular weight excluding hydrogens is 352 g/mol. The lowest BCUT2D eigenvalue weighted by Gasteiger charge is -2.26. The molecule has 0 fully saturated rings. The summed E-state index contributed by atoms with van der Waals surface area (Å²) in [6.07, 6.45) is 10.2. The van der Waals surface area contributed by atoms with Crippen LogP contribution in [0.5, 0.6) is 0 Å². The first-order valence-corrected chi connectivity index (χ1v) is 11.0. The van der Waals surface area contributed by atoms with Gasteiger partial charge in [0.05, 0.1) is 23.8 Å². The second-order valence-corrected chi connectivity index (χ2v) is 7.61. The second-order valence-electron chi connectivity index (χ2n) is 7.61. The molecule has 0 aliphatic heterocycles. The minimum absolute atomic E-state index is 0.233. The van der Waals surface area contributed by atoms with Crippen molar-refractivity contribution in [2.75, 3.05) is 19.6 Å². The average molecular weight is 390 g/mol. The molecule has 0 heterocycles. The molecule has 1 atom stereocenters. The number of rotatable bonds is 11. The Morgan fingerprint density at radius 1 is 0.931 bits per heavy atom. The first-order valence-electron chi connectivity index (χ1n) is 11.0. The fraction of sp³-hybridized carbons (Fsp3) is 0.407. The lowest BCUT2D eigenvalue weighted by atomic mass is 10.0. The molecule has 1 unspecified atom stereocenters. The third-order valence-corrected chi connectivity index (χ3v) is 5.31. The average Bonchev–Trinajstić information content (AvgIpc) is 2.73. The summed E-state index contributed by atoms with van der Waals surface area (Å²) in [5, 5.41) is 3.60. The quantitative estimate of drug-likeness (QED) is 0.269. The van der Waals surface area contributed by atoms with Crippen molar-refractivity contribution >= 4 is 5.70 Å². The van der Waals surface area contributed by atoms with Crippen molar-refractivity contribution in [3.05, 3.63) is 89.0 Å². The molecule has 0 aliphatic rings. The molecule has 2 aromatic carbocycles. The molecular formula is C27H37N2+. The van der Waals surface area contributed by atoms with Gasteiger partial charge in [0.25, 0.3) is 0 Å². The van der Waals surface area contributed by atoms with Gasteiger partial charge < -0.3 is 5.32 Å². The van der Waals surface area contributed by atoms with Crippen molar-refractivity contribution in [1.82, 2.24) is 10.2 Å². The number of likely N-dealkylation sites (N-methyl/N-ethyl adjacent to an activating group) is 1. The topological polar surface area (TPSA) is 15.3 Å². The van der Waals surface area contributed by atoms with Crippen molar-refractivity contribution in [1.29, 1.82) is 0 Å². The molecule has 2 aromatic rings. The van der Waals surface area contributed by atoms with Gasteiger partial charge in [-0.1, -0.05) is 74.7 Å². The third-order valence-electron chi connectivity index (χ3n) is 5.31. The van der Waals surface area contributed by atoms with Crippen LogP contribution in [0, 0.1) is 19.9 Å². The highest BCUT2D eigenvalue weighted by Gasteiger charge is 2.17. The van der Waals surface area contributed by atoms with E-state index in [0.29, 0.717) is 0 Å². The first kappa shape index (κ1) is 22.9. The Morgan fingerprint density at radius 2 is 1.52 bits per heavy atom. The SMILES string of the molecule is CCCCN/C(=C/[C+]=CC(c1ccc(C)cc1)N(CC)CC)c1ccc(C)cc1. The smallest absolute Gasteiger partial charge is 0.185 e. The van der Waals surface area contributed by atoms with Crippen molar-refractivity contribution < 1.29 is 0 Å². The fourth-order valence-electron chi connectivity index (χ4n) is 3.39. The highest BCUT2D eigenvalue weighted by atomic mass is 15.1. The van der Waals surface area contributed by atoms with Crippen LogP contribution in [0.15, 0.2) is 60.7 Å². The molecule has 0 bridgehead atoms. The zero-order chi connectivity index (χ0) is 21.1. The van der Waals surface area contributed by atoms with Crippen LogP contribution in [0.3, 0.4) is 0 Å². The Bertz CT molecular complexity index is 765. The van der Waals surface area contributed by atoms with E-state index in [2.05, 4.69) is 112 Å². The van der Waals surface area contributed by atoms with E-state index in [4.69, 9.17) is 0 Å². The van der Waals surface area contributed by atoms with E-state index in [9.17, 15) is 0 Å². The minimum Gasteiger partial charge on any atom is -0.310 e. The maximum absolute atomic E-state index is 3.60. The number of benzene rings is 2. The largest absolute Gasteiger partial charge is 0.310 e. The highest BCUT2D eigenvalue weighted by molar-refractivity contribution is 5.65. The van der Waals surface area contributed by atoms with E-state index in [1.165, 1.54) is 35.1 Å². The highest BCUT2D eigenvalue weighted by Crippen LogP contribution is 2.23. The standard InChI is InChI=1S/C27H37N2/c1-6-9-21-28-26(24-17-13-22(4)14-18-24)11-10-12-27(29(7-2)8-3)25-19-15-23(5)16-20-25/h11-20,27-28H,6-9,21H2,1-5H3/q+1/b26-11+. The van der Waals surface area contributed by atoms with Crippen LogP contribution in [0.25, 0.3) is 5.70 Å². The van der Waals surface area contributed by atoms with Crippen LogP contribution in [-0.4, -0.2) is 24.5 Å². The number of hydrogen-bond acceptors (Lipinski definition) is 2. The van der Waals surface area contributed by atoms with Crippen molar-refractivity contribution in [2.24, 2.45) is 0 Å². The van der Waals surface area contributed by atoms with Crippen LogP contribution in [-0.2, 0) is 0 Å².